The molecule has 0 amide bonds. The summed E-state index contributed by atoms with van der Waals surface area (Å²) < 4.78 is 65.3. The Balaban J connectivity index is 1.44. The molecule has 0 aromatic heterocycles. The number of nitrogens with zero attached hydrogens (tertiary/aromatic N) is 1. The molecule has 8 heteroatoms. The van der Waals surface area contributed by atoms with Crippen LogP contribution < -0.4 is 4.18 Å². The molecule has 2 bridgehead atoms. The van der Waals surface area contributed by atoms with E-state index in [0.717, 1.165) is 37.8 Å². The maximum Gasteiger partial charge on any atom is 0.534 e. The maximum atomic E-state index is 12.7. The van der Waals surface area contributed by atoms with Gasteiger partial charge in [0.25, 0.3) is 0 Å². The van der Waals surface area contributed by atoms with E-state index in [1.165, 1.54) is 37.8 Å². The number of halogens is 3. The molecule has 1 aromatic carbocycles. The third-order valence-electron chi connectivity index (χ3n) is 6.54. The van der Waals surface area contributed by atoms with Crippen LogP contribution in [-0.4, -0.2) is 38.0 Å². The molecule has 3 atom stereocenters. The first-order valence-electron chi connectivity index (χ1n) is 9.58. The van der Waals surface area contributed by atoms with E-state index in [0.29, 0.717) is 11.6 Å². The molecule has 2 aliphatic carbocycles. The Hall–Kier alpha value is -1.28. The third-order valence-corrected chi connectivity index (χ3v) is 7.51. The SMILES string of the molecule is O=S(=O)(Oc1ccccc1C1CCN([C@@H]2C[C@@H]3CC[C@H]2C3)CC1)C(F)(F)F. The number of hydrogen-bond acceptors (Lipinski definition) is 4. The predicted molar refractivity (Wildman–Crippen MR) is 94.8 cm³/mol. The van der Waals surface area contributed by atoms with Crippen LogP contribution >= 0.6 is 0 Å². The Labute approximate surface area is 157 Å². The second kappa shape index (κ2) is 6.95. The molecule has 0 unspecified atom stereocenters. The highest BCUT2D eigenvalue weighted by atomic mass is 32.2. The normalized spacial score (nSPS) is 30.0. The van der Waals surface area contributed by atoms with Gasteiger partial charge in [-0.05, 0) is 74.6 Å². The lowest BCUT2D eigenvalue weighted by Crippen LogP contribution is -2.43. The molecule has 3 fully saturated rings. The Morgan fingerprint density at radius 1 is 1.00 bits per heavy atom. The fourth-order valence-corrected chi connectivity index (χ4v) is 5.74. The van der Waals surface area contributed by atoms with Gasteiger partial charge in [0, 0.05) is 6.04 Å². The molecule has 1 aliphatic heterocycles. The highest BCUT2D eigenvalue weighted by molar-refractivity contribution is 7.88. The fourth-order valence-electron chi connectivity index (χ4n) is 5.26. The summed E-state index contributed by atoms with van der Waals surface area (Å²) >= 11 is 0. The quantitative estimate of drug-likeness (QED) is 0.556. The highest BCUT2D eigenvalue weighted by Crippen LogP contribution is 2.48. The Morgan fingerprint density at radius 2 is 1.70 bits per heavy atom. The molecule has 150 valence electrons. The number of fused-ring (bicyclic) bond motifs is 2. The summed E-state index contributed by atoms with van der Waals surface area (Å²) in [6.45, 7) is 1.80. The molecule has 1 heterocycles. The number of para-hydroxylation sites is 1. The number of hydrogen-bond donors (Lipinski definition) is 0. The van der Waals surface area contributed by atoms with Crippen LogP contribution in [0, 0.1) is 11.8 Å². The molecule has 4 rings (SSSR count). The van der Waals surface area contributed by atoms with Gasteiger partial charge in [-0.15, -0.1) is 0 Å². The molecular formula is C19H24F3NO3S. The van der Waals surface area contributed by atoms with Crippen molar-refractivity contribution in [2.45, 2.75) is 56.0 Å². The summed E-state index contributed by atoms with van der Waals surface area (Å²) in [5.74, 6) is 1.49. The van der Waals surface area contributed by atoms with Crippen molar-refractivity contribution in [1.82, 2.24) is 4.90 Å². The minimum Gasteiger partial charge on any atom is -0.376 e. The van der Waals surface area contributed by atoms with Gasteiger partial charge >= 0.3 is 15.6 Å². The minimum atomic E-state index is -5.65. The first-order valence-corrected chi connectivity index (χ1v) is 11.0. The topological polar surface area (TPSA) is 46.6 Å². The highest BCUT2D eigenvalue weighted by Gasteiger charge is 2.49. The van der Waals surface area contributed by atoms with E-state index in [1.807, 2.05) is 0 Å². The standard InChI is InChI=1S/C19H24F3NO3S/c20-19(21,22)27(24,25)26-18-4-2-1-3-16(18)14-7-9-23(10-8-14)17-12-13-5-6-15(17)11-13/h1-4,13-15,17H,5-12H2/t13-,15+,17-/m1/s1. The van der Waals surface area contributed by atoms with Gasteiger partial charge in [-0.25, -0.2) is 0 Å². The molecule has 4 nitrogen and oxygen atoms in total. The molecular weight excluding hydrogens is 379 g/mol. The number of piperidine rings is 1. The summed E-state index contributed by atoms with van der Waals surface area (Å²) in [5, 5.41) is 0. The summed E-state index contributed by atoms with van der Waals surface area (Å²) in [6, 6.07) is 6.85. The van der Waals surface area contributed by atoms with Crippen LogP contribution in [0.25, 0.3) is 0 Å². The van der Waals surface area contributed by atoms with Crippen molar-refractivity contribution in [1.29, 1.82) is 0 Å². The van der Waals surface area contributed by atoms with E-state index in [1.54, 1.807) is 12.1 Å². The van der Waals surface area contributed by atoms with Crippen LogP contribution in [-0.2, 0) is 10.1 Å². The zero-order valence-corrected chi connectivity index (χ0v) is 15.8. The van der Waals surface area contributed by atoms with Crippen molar-refractivity contribution in [2.24, 2.45) is 11.8 Å². The fraction of sp³-hybridized carbons (Fsp3) is 0.684. The summed E-state index contributed by atoms with van der Waals surface area (Å²) in [6.07, 6.45) is 6.91. The first-order chi connectivity index (χ1) is 12.7. The average molecular weight is 403 g/mol. The lowest BCUT2D eigenvalue weighted by atomic mass is 9.86. The molecule has 3 aliphatic rings. The van der Waals surface area contributed by atoms with Crippen LogP contribution in [0.4, 0.5) is 13.2 Å². The first kappa shape index (κ1) is 19.1. The summed E-state index contributed by atoms with van der Waals surface area (Å²) in [7, 11) is -5.65. The van der Waals surface area contributed by atoms with Crippen molar-refractivity contribution >= 4 is 10.1 Å². The van der Waals surface area contributed by atoms with Gasteiger partial charge < -0.3 is 9.08 Å². The van der Waals surface area contributed by atoms with E-state index in [-0.39, 0.29) is 11.7 Å². The van der Waals surface area contributed by atoms with Gasteiger partial charge in [0.05, 0.1) is 0 Å². The van der Waals surface area contributed by atoms with Crippen LogP contribution in [0.3, 0.4) is 0 Å². The van der Waals surface area contributed by atoms with E-state index in [9.17, 15) is 21.6 Å². The average Bonchev–Trinajstić information content (AvgIpc) is 3.24. The van der Waals surface area contributed by atoms with Crippen LogP contribution in [0.1, 0.15) is 50.0 Å². The monoisotopic (exact) mass is 403 g/mol. The molecule has 0 N–H and O–H groups in total. The van der Waals surface area contributed by atoms with Crippen molar-refractivity contribution in [3.63, 3.8) is 0 Å². The number of rotatable bonds is 4. The molecule has 0 radical (unpaired) electrons. The zero-order valence-electron chi connectivity index (χ0n) is 15.0. The Morgan fingerprint density at radius 3 is 2.30 bits per heavy atom. The van der Waals surface area contributed by atoms with Crippen molar-refractivity contribution in [3.05, 3.63) is 29.8 Å². The Bertz CT molecular complexity index is 788. The number of likely N-dealkylation sites (tertiary alicyclic amines) is 1. The minimum absolute atomic E-state index is 0.0134. The summed E-state index contributed by atoms with van der Waals surface area (Å²) in [4.78, 5) is 2.54. The van der Waals surface area contributed by atoms with Gasteiger partial charge in [0.1, 0.15) is 5.75 Å². The largest absolute Gasteiger partial charge is 0.534 e. The van der Waals surface area contributed by atoms with Crippen molar-refractivity contribution in [3.8, 4) is 5.75 Å². The Kier molecular flexibility index (Phi) is 4.91. The van der Waals surface area contributed by atoms with Gasteiger partial charge in [0.2, 0.25) is 0 Å². The lowest BCUT2D eigenvalue weighted by Gasteiger charge is -2.40. The van der Waals surface area contributed by atoms with E-state index in [4.69, 9.17) is 0 Å². The van der Waals surface area contributed by atoms with Crippen LogP contribution in [0.15, 0.2) is 24.3 Å². The van der Waals surface area contributed by atoms with Gasteiger partial charge in [-0.3, -0.25) is 0 Å². The number of benzene rings is 1. The van der Waals surface area contributed by atoms with Gasteiger partial charge in [0.15, 0.2) is 0 Å². The van der Waals surface area contributed by atoms with Crippen molar-refractivity contribution < 1.29 is 25.8 Å². The molecule has 0 spiro atoms. The maximum absolute atomic E-state index is 12.7. The predicted octanol–water partition coefficient (Wildman–Crippen LogP) is 4.28. The molecule has 1 aromatic rings. The summed E-state index contributed by atoms with van der Waals surface area (Å²) in [5.41, 5.74) is -4.87. The van der Waals surface area contributed by atoms with Crippen LogP contribution in [0.2, 0.25) is 0 Å². The second-order valence-corrected chi connectivity index (χ2v) is 9.61. The zero-order chi connectivity index (χ0) is 19.2. The number of alkyl halides is 3. The smallest absolute Gasteiger partial charge is 0.376 e. The van der Waals surface area contributed by atoms with Crippen molar-refractivity contribution in [2.75, 3.05) is 13.1 Å². The van der Waals surface area contributed by atoms with E-state index >= 15 is 0 Å². The molecule has 2 saturated carbocycles. The molecule has 1 saturated heterocycles. The van der Waals surface area contributed by atoms with E-state index < -0.39 is 15.6 Å². The van der Waals surface area contributed by atoms with Crippen LogP contribution in [0.5, 0.6) is 5.75 Å². The van der Waals surface area contributed by atoms with E-state index in [2.05, 4.69) is 9.08 Å². The molecule has 27 heavy (non-hydrogen) atoms. The lowest BCUT2D eigenvalue weighted by molar-refractivity contribution is -0.0500. The van der Waals surface area contributed by atoms with Gasteiger partial charge in [-0.2, -0.15) is 21.6 Å². The third kappa shape index (κ3) is 3.70. The van der Waals surface area contributed by atoms with Gasteiger partial charge in [-0.1, -0.05) is 24.6 Å². The second-order valence-electron chi connectivity index (χ2n) is 8.07.